The number of aliphatic hydroxyl groups is 1. The van der Waals surface area contributed by atoms with Crippen molar-refractivity contribution in [3.8, 4) is 0 Å². The molecule has 2 rings (SSSR count). The van der Waals surface area contributed by atoms with Crippen LogP contribution in [0.15, 0.2) is 29.4 Å². The van der Waals surface area contributed by atoms with E-state index >= 15 is 0 Å². The third kappa shape index (κ3) is 6.17. The molecule has 1 aromatic heterocycles. The Bertz CT molecular complexity index is 433. The molecule has 1 heterocycles. The van der Waals surface area contributed by atoms with Crippen LogP contribution >= 0.6 is 24.0 Å². The number of guanidine groups is 1. The SMILES string of the molecule is CCNC(=NCc1ccccn1)NCC1(O)CCCC1.I. The van der Waals surface area contributed by atoms with Crippen molar-refractivity contribution in [1.82, 2.24) is 15.6 Å². The van der Waals surface area contributed by atoms with Crippen LogP contribution in [0.25, 0.3) is 0 Å². The van der Waals surface area contributed by atoms with Crippen molar-refractivity contribution in [2.75, 3.05) is 13.1 Å². The summed E-state index contributed by atoms with van der Waals surface area (Å²) in [6, 6.07) is 5.81. The quantitative estimate of drug-likeness (QED) is 0.399. The van der Waals surface area contributed by atoms with E-state index in [4.69, 9.17) is 0 Å². The Labute approximate surface area is 143 Å². The van der Waals surface area contributed by atoms with Gasteiger partial charge in [0.05, 0.1) is 17.8 Å². The molecule has 1 fully saturated rings. The molecule has 0 saturated heterocycles. The van der Waals surface area contributed by atoms with E-state index in [1.807, 2.05) is 25.1 Å². The van der Waals surface area contributed by atoms with Gasteiger partial charge in [-0.2, -0.15) is 0 Å². The van der Waals surface area contributed by atoms with E-state index in [-0.39, 0.29) is 24.0 Å². The summed E-state index contributed by atoms with van der Waals surface area (Å²) in [5.74, 6) is 0.735. The lowest BCUT2D eigenvalue weighted by atomic mass is 10.0. The average Bonchev–Trinajstić information content (AvgIpc) is 2.90. The molecule has 0 radical (unpaired) electrons. The van der Waals surface area contributed by atoms with E-state index in [1.54, 1.807) is 6.20 Å². The van der Waals surface area contributed by atoms with Crippen molar-refractivity contribution in [2.45, 2.75) is 44.8 Å². The zero-order chi connectivity index (χ0) is 14.3. The normalized spacial score (nSPS) is 17.1. The highest BCUT2D eigenvalue weighted by molar-refractivity contribution is 14.0. The number of pyridine rings is 1. The summed E-state index contributed by atoms with van der Waals surface area (Å²) in [7, 11) is 0. The second-order valence-electron chi connectivity index (χ2n) is 5.30. The second kappa shape index (κ2) is 9.19. The van der Waals surface area contributed by atoms with Gasteiger partial charge in [-0.05, 0) is 31.9 Å². The maximum absolute atomic E-state index is 10.3. The number of aliphatic imine (C=N–C) groups is 1. The van der Waals surface area contributed by atoms with E-state index in [0.29, 0.717) is 13.1 Å². The zero-order valence-corrected chi connectivity index (χ0v) is 14.8. The van der Waals surface area contributed by atoms with Crippen molar-refractivity contribution in [1.29, 1.82) is 0 Å². The zero-order valence-electron chi connectivity index (χ0n) is 12.5. The second-order valence-corrected chi connectivity index (χ2v) is 5.30. The van der Waals surface area contributed by atoms with Gasteiger partial charge in [-0.1, -0.05) is 18.9 Å². The fourth-order valence-electron chi connectivity index (χ4n) is 2.45. The Morgan fingerprint density at radius 3 is 2.71 bits per heavy atom. The van der Waals surface area contributed by atoms with Gasteiger partial charge in [0, 0.05) is 19.3 Å². The Morgan fingerprint density at radius 2 is 2.10 bits per heavy atom. The monoisotopic (exact) mass is 404 g/mol. The molecule has 118 valence electrons. The van der Waals surface area contributed by atoms with Gasteiger partial charge in [0.25, 0.3) is 0 Å². The van der Waals surface area contributed by atoms with E-state index in [1.165, 1.54) is 0 Å². The van der Waals surface area contributed by atoms with E-state index in [0.717, 1.165) is 43.9 Å². The molecule has 5 nitrogen and oxygen atoms in total. The molecule has 1 aliphatic rings. The first-order chi connectivity index (χ1) is 9.72. The molecule has 0 amide bonds. The van der Waals surface area contributed by atoms with Crippen molar-refractivity contribution in [3.05, 3.63) is 30.1 Å². The predicted molar refractivity (Wildman–Crippen MR) is 95.9 cm³/mol. The van der Waals surface area contributed by atoms with Crippen LogP contribution in [-0.4, -0.2) is 34.7 Å². The Kier molecular flexibility index (Phi) is 7.95. The Balaban J connectivity index is 0.00000220. The van der Waals surface area contributed by atoms with Crippen LogP contribution in [0.1, 0.15) is 38.3 Å². The smallest absolute Gasteiger partial charge is 0.191 e. The first-order valence-corrected chi connectivity index (χ1v) is 7.36. The van der Waals surface area contributed by atoms with E-state index in [9.17, 15) is 5.11 Å². The number of rotatable bonds is 5. The third-order valence-corrected chi connectivity index (χ3v) is 3.59. The number of nitrogens with zero attached hydrogens (tertiary/aromatic N) is 2. The van der Waals surface area contributed by atoms with Gasteiger partial charge in [-0.25, -0.2) is 4.99 Å². The lowest BCUT2D eigenvalue weighted by molar-refractivity contribution is 0.0522. The molecule has 1 saturated carbocycles. The van der Waals surface area contributed by atoms with Gasteiger partial charge in [0.1, 0.15) is 0 Å². The standard InChI is InChI=1S/C15H24N4O.HI/c1-2-16-14(18-11-13-7-3-6-10-17-13)19-12-15(20)8-4-5-9-15;/h3,6-7,10,20H,2,4-5,8-9,11-12H2,1H3,(H2,16,18,19);1H. The molecule has 0 bridgehead atoms. The minimum absolute atomic E-state index is 0. The molecule has 3 N–H and O–H groups in total. The van der Waals surface area contributed by atoms with Crippen LogP contribution in [0.4, 0.5) is 0 Å². The van der Waals surface area contributed by atoms with Crippen molar-refractivity contribution < 1.29 is 5.11 Å². The van der Waals surface area contributed by atoms with Gasteiger partial charge in [-0.15, -0.1) is 24.0 Å². The molecule has 1 aromatic rings. The number of hydrogen-bond acceptors (Lipinski definition) is 3. The number of hydrogen-bond donors (Lipinski definition) is 3. The molecule has 0 spiro atoms. The summed E-state index contributed by atoms with van der Waals surface area (Å²) in [6.07, 6.45) is 5.74. The molecular weight excluding hydrogens is 379 g/mol. The van der Waals surface area contributed by atoms with Crippen LogP contribution in [0.2, 0.25) is 0 Å². The molecular formula is C15H25IN4O. The minimum atomic E-state index is -0.568. The van der Waals surface area contributed by atoms with Gasteiger partial charge in [0.15, 0.2) is 5.96 Å². The largest absolute Gasteiger partial charge is 0.388 e. The van der Waals surface area contributed by atoms with E-state index in [2.05, 4.69) is 20.6 Å². The summed E-state index contributed by atoms with van der Waals surface area (Å²) < 4.78 is 0. The summed E-state index contributed by atoms with van der Waals surface area (Å²) in [5, 5.41) is 16.8. The highest BCUT2D eigenvalue weighted by Gasteiger charge is 2.30. The van der Waals surface area contributed by atoms with Crippen LogP contribution in [0.5, 0.6) is 0 Å². The maximum atomic E-state index is 10.3. The minimum Gasteiger partial charge on any atom is -0.388 e. The van der Waals surface area contributed by atoms with Crippen molar-refractivity contribution in [2.24, 2.45) is 4.99 Å². The highest BCUT2D eigenvalue weighted by atomic mass is 127. The fourth-order valence-corrected chi connectivity index (χ4v) is 2.45. The predicted octanol–water partition coefficient (Wildman–Crippen LogP) is 2.06. The molecule has 6 heteroatoms. The van der Waals surface area contributed by atoms with Crippen LogP contribution in [-0.2, 0) is 6.54 Å². The number of aromatic nitrogens is 1. The molecule has 1 aliphatic carbocycles. The molecule has 0 unspecified atom stereocenters. The summed E-state index contributed by atoms with van der Waals surface area (Å²) in [4.78, 5) is 8.75. The molecule has 21 heavy (non-hydrogen) atoms. The topological polar surface area (TPSA) is 69.5 Å². The fraction of sp³-hybridized carbons (Fsp3) is 0.600. The molecule has 0 aromatic carbocycles. The summed E-state index contributed by atoms with van der Waals surface area (Å²) in [6.45, 7) is 3.92. The van der Waals surface area contributed by atoms with Crippen LogP contribution in [0, 0.1) is 0 Å². The number of halogens is 1. The van der Waals surface area contributed by atoms with Gasteiger partial charge in [-0.3, -0.25) is 4.98 Å². The Hall–Kier alpha value is -0.890. The molecule has 0 atom stereocenters. The summed E-state index contributed by atoms with van der Waals surface area (Å²) >= 11 is 0. The number of nitrogens with one attached hydrogen (secondary N) is 2. The first kappa shape index (κ1) is 18.2. The summed E-state index contributed by atoms with van der Waals surface area (Å²) in [5.41, 5.74) is 0.366. The maximum Gasteiger partial charge on any atom is 0.191 e. The molecule has 0 aliphatic heterocycles. The van der Waals surface area contributed by atoms with Crippen LogP contribution < -0.4 is 10.6 Å². The van der Waals surface area contributed by atoms with E-state index < -0.39 is 5.60 Å². The van der Waals surface area contributed by atoms with Gasteiger partial charge >= 0.3 is 0 Å². The average molecular weight is 404 g/mol. The Morgan fingerprint density at radius 1 is 1.33 bits per heavy atom. The van der Waals surface area contributed by atoms with Crippen LogP contribution in [0.3, 0.4) is 0 Å². The van der Waals surface area contributed by atoms with Crippen molar-refractivity contribution >= 4 is 29.9 Å². The highest BCUT2D eigenvalue weighted by Crippen LogP contribution is 2.28. The first-order valence-electron chi connectivity index (χ1n) is 7.36. The van der Waals surface area contributed by atoms with Crippen molar-refractivity contribution in [3.63, 3.8) is 0 Å². The lowest BCUT2D eigenvalue weighted by Crippen LogP contribution is -2.46. The van der Waals surface area contributed by atoms with Gasteiger partial charge in [0.2, 0.25) is 0 Å². The lowest BCUT2D eigenvalue weighted by Gasteiger charge is -2.23. The van der Waals surface area contributed by atoms with Gasteiger partial charge < -0.3 is 15.7 Å². The third-order valence-electron chi connectivity index (χ3n) is 3.59.